The van der Waals surface area contributed by atoms with Crippen molar-refractivity contribution < 1.29 is 4.79 Å². The van der Waals surface area contributed by atoms with E-state index in [-0.39, 0.29) is 11.9 Å². The molecule has 28 heavy (non-hydrogen) atoms. The standard InChI is InChI=1S/C20H24N6OS/c1-25-11-13(10-21-25)19-24-23-18-7-6-14(8-9-26(18)19)22-20(27)16-12-28-17-5-3-2-4-15(16)17/h10-12,14H,2-9H2,1H3,(H,22,27). The number of fused-ring (bicyclic) bond motifs is 2. The van der Waals surface area contributed by atoms with Crippen LogP contribution in [0.5, 0.6) is 0 Å². The predicted octanol–water partition coefficient (Wildman–Crippen LogP) is 2.75. The summed E-state index contributed by atoms with van der Waals surface area (Å²) in [6.45, 7) is 0.805. The quantitative estimate of drug-likeness (QED) is 0.738. The van der Waals surface area contributed by atoms with Crippen LogP contribution in [0.4, 0.5) is 0 Å². The smallest absolute Gasteiger partial charge is 0.252 e. The van der Waals surface area contributed by atoms with Crippen LogP contribution < -0.4 is 5.32 Å². The third-order valence-corrected chi connectivity index (χ3v) is 6.94. The zero-order valence-electron chi connectivity index (χ0n) is 16.0. The Balaban J connectivity index is 1.29. The molecule has 4 heterocycles. The molecule has 0 aromatic carbocycles. The number of carbonyl (C=O) groups is 1. The Morgan fingerprint density at radius 2 is 2.11 bits per heavy atom. The third kappa shape index (κ3) is 3.15. The Bertz CT molecular complexity index is 1020. The van der Waals surface area contributed by atoms with E-state index in [2.05, 4.69) is 30.6 Å². The highest BCUT2D eigenvalue weighted by Crippen LogP contribution is 2.30. The molecule has 3 aromatic rings. The molecule has 5 rings (SSSR count). The molecule has 1 N–H and O–H groups in total. The molecule has 1 aliphatic heterocycles. The largest absolute Gasteiger partial charge is 0.349 e. The molecular weight excluding hydrogens is 372 g/mol. The molecule has 1 atom stereocenters. The Morgan fingerprint density at radius 1 is 1.21 bits per heavy atom. The second-order valence-electron chi connectivity index (χ2n) is 7.75. The minimum absolute atomic E-state index is 0.0922. The zero-order valence-corrected chi connectivity index (χ0v) is 16.8. The van der Waals surface area contributed by atoms with Gasteiger partial charge in [-0.05, 0) is 44.1 Å². The predicted molar refractivity (Wildman–Crippen MR) is 107 cm³/mol. The van der Waals surface area contributed by atoms with Crippen LogP contribution in [-0.4, -0.2) is 36.5 Å². The van der Waals surface area contributed by atoms with Gasteiger partial charge in [0, 0.05) is 42.5 Å². The number of nitrogens with zero attached hydrogens (tertiary/aromatic N) is 5. The Morgan fingerprint density at radius 3 is 2.96 bits per heavy atom. The van der Waals surface area contributed by atoms with E-state index in [0.717, 1.165) is 61.4 Å². The van der Waals surface area contributed by atoms with E-state index in [1.54, 1.807) is 16.0 Å². The van der Waals surface area contributed by atoms with Crippen molar-refractivity contribution in [3.63, 3.8) is 0 Å². The van der Waals surface area contributed by atoms with Gasteiger partial charge in [0.25, 0.3) is 5.91 Å². The number of carbonyl (C=O) groups excluding carboxylic acids is 1. The van der Waals surface area contributed by atoms with E-state index in [1.165, 1.54) is 23.3 Å². The number of thiophene rings is 1. The SMILES string of the molecule is Cn1cc(-c2nnc3n2CCC(NC(=O)c2csc4c2CCCC4)CC3)cn1. The number of hydrogen-bond donors (Lipinski definition) is 1. The Hall–Kier alpha value is -2.48. The average Bonchev–Trinajstić information content (AvgIpc) is 3.39. The summed E-state index contributed by atoms with van der Waals surface area (Å²) in [6.07, 6.45) is 11.0. The number of aryl methyl sites for hydroxylation is 3. The molecule has 0 saturated heterocycles. The first-order chi connectivity index (χ1) is 13.7. The van der Waals surface area contributed by atoms with Gasteiger partial charge in [0.2, 0.25) is 0 Å². The van der Waals surface area contributed by atoms with Crippen LogP contribution in [0.3, 0.4) is 0 Å². The van der Waals surface area contributed by atoms with Gasteiger partial charge in [-0.2, -0.15) is 5.10 Å². The van der Waals surface area contributed by atoms with Crippen molar-refractivity contribution in [2.75, 3.05) is 0 Å². The number of aromatic nitrogens is 5. The fourth-order valence-electron chi connectivity index (χ4n) is 4.33. The molecule has 0 radical (unpaired) electrons. The summed E-state index contributed by atoms with van der Waals surface area (Å²) in [6, 6.07) is 0.162. The maximum atomic E-state index is 12.9. The summed E-state index contributed by atoms with van der Waals surface area (Å²) in [4.78, 5) is 14.3. The highest BCUT2D eigenvalue weighted by molar-refractivity contribution is 7.10. The molecule has 0 fully saturated rings. The lowest BCUT2D eigenvalue weighted by Crippen LogP contribution is -2.35. The molecule has 8 heteroatoms. The number of rotatable bonds is 3. The van der Waals surface area contributed by atoms with Gasteiger partial charge < -0.3 is 9.88 Å². The van der Waals surface area contributed by atoms with Crippen LogP contribution in [0, 0.1) is 0 Å². The number of nitrogens with one attached hydrogen (secondary N) is 1. The van der Waals surface area contributed by atoms with E-state index < -0.39 is 0 Å². The zero-order chi connectivity index (χ0) is 19.1. The lowest BCUT2D eigenvalue weighted by Gasteiger charge is -2.18. The summed E-state index contributed by atoms with van der Waals surface area (Å²) >= 11 is 1.75. The minimum Gasteiger partial charge on any atom is -0.349 e. The van der Waals surface area contributed by atoms with Gasteiger partial charge in [-0.25, -0.2) is 0 Å². The maximum absolute atomic E-state index is 12.9. The molecule has 3 aromatic heterocycles. The van der Waals surface area contributed by atoms with E-state index in [0.29, 0.717) is 0 Å². The molecule has 146 valence electrons. The molecule has 1 unspecified atom stereocenters. The third-order valence-electron chi connectivity index (χ3n) is 5.85. The van der Waals surface area contributed by atoms with Crippen LogP contribution in [0.25, 0.3) is 11.4 Å². The number of hydrogen-bond acceptors (Lipinski definition) is 5. The molecular formula is C20H24N6OS. The Labute approximate surface area is 167 Å². The van der Waals surface area contributed by atoms with Crippen LogP contribution in [0.2, 0.25) is 0 Å². The molecule has 2 aliphatic rings. The average molecular weight is 397 g/mol. The first-order valence-electron chi connectivity index (χ1n) is 10.0. The van der Waals surface area contributed by atoms with Gasteiger partial charge in [-0.15, -0.1) is 21.5 Å². The maximum Gasteiger partial charge on any atom is 0.252 e. The van der Waals surface area contributed by atoms with Crippen LogP contribution in [0.15, 0.2) is 17.8 Å². The normalized spacial score (nSPS) is 19.0. The lowest BCUT2D eigenvalue weighted by molar-refractivity contribution is 0.0932. The second kappa shape index (κ2) is 7.16. The summed E-state index contributed by atoms with van der Waals surface area (Å²) in [5.74, 6) is 1.94. The van der Waals surface area contributed by atoms with Gasteiger partial charge in [-0.1, -0.05) is 0 Å². The van der Waals surface area contributed by atoms with Crippen molar-refractivity contribution >= 4 is 17.2 Å². The van der Waals surface area contributed by atoms with Crippen molar-refractivity contribution in [3.05, 3.63) is 39.6 Å². The van der Waals surface area contributed by atoms with Crippen molar-refractivity contribution in [3.8, 4) is 11.4 Å². The van der Waals surface area contributed by atoms with Crippen LogP contribution >= 0.6 is 11.3 Å². The minimum atomic E-state index is 0.0922. The van der Waals surface area contributed by atoms with E-state index in [9.17, 15) is 4.79 Å². The summed E-state index contributed by atoms with van der Waals surface area (Å²) in [7, 11) is 1.90. The van der Waals surface area contributed by atoms with Crippen molar-refractivity contribution in [1.29, 1.82) is 0 Å². The van der Waals surface area contributed by atoms with Crippen molar-refractivity contribution in [2.24, 2.45) is 7.05 Å². The van der Waals surface area contributed by atoms with Gasteiger partial charge in [0.05, 0.1) is 17.3 Å². The van der Waals surface area contributed by atoms with Gasteiger partial charge >= 0.3 is 0 Å². The Kier molecular flexibility index (Phi) is 4.50. The lowest BCUT2D eigenvalue weighted by atomic mass is 9.95. The van der Waals surface area contributed by atoms with E-state index >= 15 is 0 Å². The van der Waals surface area contributed by atoms with Crippen molar-refractivity contribution in [2.45, 2.75) is 57.5 Å². The van der Waals surface area contributed by atoms with E-state index in [4.69, 9.17) is 0 Å². The van der Waals surface area contributed by atoms with Crippen LogP contribution in [0.1, 0.15) is 52.3 Å². The topological polar surface area (TPSA) is 77.6 Å². The second-order valence-corrected chi connectivity index (χ2v) is 8.71. The van der Waals surface area contributed by atoms with Gasteiger partial charge in [0.1, 0.15) is 5.82 Å². The molecule has 0 saturated carbocycles. The molecule has 1 amide bonds. The summed E-state index contributed by atoms with van der Waals surface area (Å²) < 4.78 is 3.95. The molecule has 1 aliphatic carbocycles. The molecule has 7 nitrogen and oxygen atoms in total. The van der Waals surface area contributed by atoms with Crippen molar-refractivity contribution in [1.82, 2.24) is 29.9 Å². The first kappa shape index (κ1) is 17.6. The highest BCUT2D eigenvalue weighted by Gasteiger charge is 2.25. The summed E-state index contributed by atoms with van der Waals surface area (Å²) in [5.41, 5.74) is 3.17. The summed E-state index contributed by atoms with van der Waals surface area (Å²) in [5, 5.41) is 18.3. The van der Waals surface area contributed by atoms with Crippen LogP contribution in [-0.2, 0) is 32.9 Å². The van der Waals surface area contributed by atoms with Gasteiger partial charge in [-0.3, -0.25) is 9.48 Å². The number of amides is 1. The highest BCUT2D eigenvalue weighted by atomic mass is 32.1. The van der Waals surface area contributed by atoms with E-state index in [1.807, 2.05) is 19.4 Å². The molecule has 0 spiro atoms. The monoisotopic (exact) mass is 396 g/mol. The first-order valence-corrected chi connectivity index (χ1v) is 10.9. The fourth-order valence-corrected chi connectivity index (χ4v) is 5.46. The molecule has 0 bridgehead atoms. The van der Waals surface area contributed by atoms with Gasteiger partial charge in [0.15, 0.2) is 5.82 Å². The fraction of sp³-hybridized carbons (Fsp3) is 0.500.